The van der Waals surface area contributed by atoms with Gasteiger partial charge in [-0.15, -0.1) is 0 Å². The predicted octanol–water partition coefficient (Wildman–Crippen LogP) is -1.32. The maximum atomic E-state index is 10.9. The molecule has 0 spiro atoms. The Kier molecular flexibility index (Phi) is 12.8. The Bertz CT molecular complexity index is 183. The minimum atomic E-state index is -1.81. The number of unbranched alkanes of at least 4 members (excludes halogenated alkanes) is 3. The van der Waals surface area contributed by atoms with E-state index < -0.39 is 29.3 Å². The molecule has 102 valence electrons. The third-order valence-corrected chi connectivity index (χ3v) is 7.91. The molecule has 0 N–H and O–H groups in total. The topological polar surface area (TPSA) is 54.0 Å². The number of hydrogen-bond donors (Lipinski definition) is 0. The fourth-order valence-electron chi connectivity index (χ4n) is 1.34. The van der Waals surface area contributed by atoms with E-state index in [9.17, 15) is 4.79 Å². The summed E-state index contributed by atoms with van der Waals surface area (Å²) < 4.78 is 21.2. The lowest BCUT2D eigenvalue weighted by molar-refractivity contribution is -0.133. The fraction of sp³-hybridized carbons (Fsp3) is 0.875. The van der Waals surface area contributed by atoms with Crippen molar-refractivity contribution in [1.82, 2.24) is 0 Å². The molecule has 0 aromatic heterocycles. The first kappa shape index (κ1) is 17.2. The van der Waals surface area contributed by atoms with Gasteiger partial charge in [-0.1, -0.05) is 32.6 Å². The van der Waals surface area contributed by atoms with Gasteiger partial charge in [-0.2, -0.15) is 0 Å². The zero-order valence-electron chi connectivity index (χ0n) is 11.1. The van der Waals surface area contributed by atoms with Gasteiger partial charge in [0.25, 0.3) is 26.0 Å². The zero-order valence-corrected chi connectivity index (χ0v) is 17.1. The average Bonchev–Trinajstić information content (AvgIpc) is 2.29. The van der Waals surface area contributed by atoms with E-state index in [4.69, 9.17) is 16.8 Å². The van der Waals surface area contributed by atoms with Gasteiger partial charge in [0.1, 0.15) is 10.5 Å². The van der Waals surface area contributed by atoms with Crippen LogP contribution in [0.3, 0.4) is 0 Å². The Morgan fingerprint density at radius 2 is 2.06 bits per heavy atom. The summed E-state index contributed by atoms with van der Waals surface area (Å²) >= 11 is 0. The molecule has 0 aliphatic carbocycles. The van der Waals surface area contributed by atoms with E-state index in [2.05, 4.69) is 6.92 Å². The van der Waals surface area contributed by atoms with E-state index in [1.54, 1.807) is 0 Å². The molecule has 0 aliphatic rings. The molecule has 0 aliphatic heterocycles. The quantitative estimate of drug-likeness (QED) is 0.350. The van der Waals surface area contributed by atoms with Crippen molar-refractivity contribution in [2.45, 2.75) is 45.6 Å². The fourth-order valence-corrected chi connectivity index (χ4v) is 7.69. The van der Waals surface area contributed by atoms with Crippen molar-refractivity contribution < 1.29 is 21.6 Å². The minimum absolute atomic E-state index is 0.234. The minimum Gasteiger partial charge on any atom is -0.497 e. The molecular weight excluding hydrogens is 288 g/mol. The van der Waals surface area contributed by atoms with E-state index in [0.717, 1.165) is 23.0 Å². The van der Waals surface area contributed by atoms with E-state index in [0.29, 0.717) is 0 Å². The summed E-state index contributed by atoms with van der Waals surface area (Å²) in [7, 11) is -2.86. The van der Waals surface area contributed by atoms with Gasteiger partial charge in [-0.05, 0) is 6.04 Å². The normalized spacial score (nSPS) is 14.0. The van der Waals surface area contributed by atoms with Gasteiger partial charge in [-0.25, -0.2) is 0 Å². The lowest BCUT2D eigenvalue weighted by Crippen LogP contribution is -2.28. The first-order chi connectivity index (χ1) is 8.20. The third-order valence-electron chi connectivity index (χ3n) is 2.13. The van der Waals surface area contributed by atoms with Crippen molar-refractivity contribution in [1.29, 1.82) is 0 Å². The SMILES string of the molecule is CCCCCC[SiH](O[SiH2]O[SiH2]O[SiH3])OC(C)=O. The highest BCUT2D eigenvalue weighted by Crippen LogP contribution is 2.08. The first-order valence-electron chi connectivity index (χ1n) is 6.06. The van der Waals surface area contributed by atoms with Crippen molar-refractivity contribution in [2.75, 3.05) is 0 Å². The van der Waals surface area contributed by atoms with Gasteiger partial charge in [0.15, 0.2) is 0 Å². The molecule has 0 heterocycles. The highest BCUT2D eigenvalue weighted by Gasteiger charge is 2.16. The Morgan fingerprint density at radius 1 is 1.29 bits per heavy atom. The summed E-state index contributed by atoms with van der Waals surface area (Å²) in [4.78, 5) is 10.9. The molecule has 17 heavy (non-hydrogen) atoms. The summed E-state index contributed by atoms with van der Waals surface area (Å²) in [6.07, 6.45) is 4.71. The third kappa shape index (κ3) is 12.5. The Hall–Kier alpha value is 0.218. The van der Waals surface area contributed by atoms with Gasteiger partial charge in [0.05, 0.1) is 0 Å². The van der Waals surface area contributed by atoms with Crippen LogP contribution in [0.2, 0.25) is 6.04 Å². The molecule has 0 saturated carbocycles. The van der Waals surface area contributed by atoms with Crippen LogP contribution in [-0.2, 0) is 21.6 Å². The van der Waals surface area contributed by atoms with Gasteiger partial charge in [0, 0.05) is 6.92 Å². The van der Waals surface area contributed by atoms with Gasteiger partial charge < -0.3 is 16.8 Å². The lowest BCUT2D eigenvalue weighted by atomic mass is 10.2. The van der Waals surface area contributed by atoms with Crippen LogP contribution < -0.4 is 0 Å². The standard InChI is InChI=1S/C8H24O5Si4/c1-3-4-5-6-7-17(10-8(2)9)13-16-12-15-11-14/h17H,3-7,15-16H2,1-2,14H3. The second kappa shape index (κ2) is 12.7. The smallest absolute Gasteiger partial charge is 0.376 e. The van der Waals surface area contributed by atoms with E-state index in [1.807, 2.05) is 0 Å². The lowest BCUT2D eigenvalue weighted by Gasteiger charge is -2.15. The molecule has 5 nitrogen and oxygen atoms in total. The maximum absolute atomic E-state index is 10.9. The highest BCUT2D eigenvalue weighted by atomic mass is 28.4. The van der Waals surface area contributed by atoms with Crippen LogP contribution in [0.5, 0.6) is 0 Å². The molecular formula is C8H24O5Si4. The van der Waals surface area contributed by atoms with Crippen molar-refractivity contribution in [3.05, 3.63) is 0 Å². The summed E-state index contributed by atoms with van der Waals surface area (Å²) in [6.45, 7) is 3.62. The Balaban J connectivity index is 3.68. The number of carbonyl (C=O) groups excluding carboxylic acids is 1. The van der Waals surface area contributed by atoms with Crippen LogP contribution in [0.1, 0.15) is 39.5 Å². The molecule has 0 bridgehead atoms. The largest absolute Gasteiger partial charge is 0.497 e. The highest BCUT2D eigenvalue weighted by molar-refractivity contribution is 6.54. The van der Waals surface area contributed by atoms with Gasteiger partial charge in [-0.3, -0.25) is 4.79 Å². The molecule has 0 aromatic rings. The molecule has 0 fully saturated rings. The maximum Gasteiger partial charge on any atom is 0.376 e. The summed E-state index contributed by atoms with van der Waals surface area (Å²) in [5.41, 5.74) is 0. The monoisotopic (exact) mass is 312 g/mol. The number of rotatable bonds is 11. The molecule has 1 atom stereocenters. The van der Waals surface area contributed by atoms with Crippen molar-refractivity contribution in [3.63, 3.8) is 0 Å². The Morgan fingerprint density at radius 3 is 2.65 bits per heavy atom. The van der Waals surface area contributed by atoms with Crippen LogP contribution in [0.4, 0.5) is 0 Å². The van der Waals surface area contributed by atoms with E-state index >= 15 is 0 Å². The van der Waals surface area contributed by atoms with Crippen LogP contribution in [-0.4, -0.2) is 45.8 Å². The molecule has 0 amide bonds. The molecule has 0 saturated heterocycles. The molecule has 9 heteroatoms. The van der Waals surface area contributed by atoms with Gasteiger partial charge in [0.2, 0.25) is 0 Å². The van der Waals surface area contributed by atoms with E-state index in [-0.39, 0.29) is 5.97 Å². The van der Waals surface area contributed by atoms with Gasteiger partial charge >= 0.3 is 9.28 Å². The van der Waals surface area contributed by atoms with Crippen LogP contribution in [0.25, 0.3) is 0 Å². The summed E-state index contributed by atoms with van der Waals surface area (Å²) in [6, 6.07) is 0.902. The first-order valence-corrected chi connectivity index (χ1v) is 10.9. The predicted molar refractivity (Wildman–Crippen MR) is 78.1 cm³/mol. The average molecular weight is 313 g/mol. The number of hydrogen-bond acceptors (Lipinski definition) is 5. The summed E-state index contributed by atoms with van der Waals surface area (Å²) in [5, 5.41) is 0. The van der Waals surface area contributed by atoms with Crippen molar-refractivity contribution >= 4 is 45.8 Å². The second-order valence-electron chi connectivity index (χ2n) is 3.78. The van der Waals surface area contributed by atoms with Crippen molar-refractivity contribution in [2.24, 2.45) is 0 Å². The molecule has 0 aromatic carbocycles. The van der Waals surface area contributed by atoms with Crippen LogP contribution in [0.15, 0.2) is 0 Å². The second-order valence-corrected chi connectivity index (χ2v) is 11.2. The Labute approximate surface area is 113 Å². The van der Waals surface area contributed by atoms with Crippen LogP contribution >= 0.6 is 0 Å². The van der Waals surface area contributed by atoms with E-state index in [1.165, 1.54) is 26.2 Å². The zero-order chi connectivity index (χ0) is 12.9. The molecule has 0 rings (SSSR count). The van der Waals surface area contributed by atoms with Crippen LogP contribution in [0, 0.1) is 0 Å². The number of carbonyl (C=O) groups is 1. The summed E-state index contributed by atoms with van der Waals surface area (Å²) in [5.74, 6) is -0.234. The van der Waals surface area contributed by atoms with Crippen molar-refractivity contribution in [3.8, 4) is 0 Å². The molecule has 0 radical (unpaired) electrons. The molecule has 1 unspecified atom stereocenters.